The predicted molar refractivity (Wildman–Crippen MR) is 101 cm³/mol. The van der Waals surface area contributed by atoms with Crippen LogP contribution in [0.5, 0.6) is 5.75 Å². The van der Waals surface area contributed by atoms with Gasteiger partial charge in [-0.1, -0.05) is 0 Å². The highest BCUT2D eigenvalue weighted by molar-refractivity contribution is 7.89. The monoisotopic (exact) mass is 397 g/mol. The van der Waals surface area contributed by atoms with E-state index < -0.39 is 10.0 Å². The summed E-state index contributed by atoms with van der Waals surface area (Å²) in [5.41, 5.74) is 0.380. The van der Waals surface area contributed by atoms with Crippen LogP contribution in [0.2, 0.25) is 0 Å². The van der Waals surface area contributed by atoms with Crippen molar-refractivity contribution >= 4 is 21.6 Å². The molecular formula is C18H27N3O5S. The van der Waals surface area contributed by atoms with Gasteiger partial charge in [-0.3, -0.25) is 4.79 Å². The van der Waals surface area contributed by atoms with Gasteiger partial charge in [-0.25, -0.2) is 8.42 Å². The lowest BCUT2D eigenvalue weighted by molar-refractivity contribution is -0.121. The molecule has 0 saturated carbocycles. The fourth-order valence-electron chi connectivity index (χ4n) is 3.50. The molecule has 9 heteroatoms. The van der Waals surface area contributed by atoms with Crippen molar-refractivity contribution in [3.8, 4) is 5.75 Å². The number of methoxy groups -OCH3 is 1. The third kappa shape index (κ3) is 4.60. The van der Waals surface area contributed by atoms with Gasteiger partial charge in [-0.05, 0) is 44.6 Å². The number of hydrogen-bond donors (Lipinski definition) is 1. The highest BCUT2D eigenvalue weighted by Crippen LogP contribution is 2.30. The van der Waals surface area contributed by atoms with Crippen molar-refractivity contribution in [1.82, 2.24) is 9.21 Å². The number of hydrogen-bond acceptors (Lipinski definition) is 6. The summed E-state index contributed by atoms with van der Waals surface area (Å²) in [6.07, 6.45) is 1.79. The fourth-order valence-corrected chi connectivity index (χ4v) is 4.93. The van der Waals surface area contributed by atoms with Crippen LogP contribution in [0.1, 0.15) is 12.8 Å². The number of anilines is 1. The normalized spacial score (nSPS) is 22.4. The molecule has 1 N–H and O–H groups in total. The molecule has 150 valence electrons. The Bertz CT molecular complexity index is 777. The zero-order valence-corrected chi connectivity index (χ0v) is 16.6. The molecule has 0 unspecified atom stereocenters. The van der Waals surface area contributed by atoms with Gasteiger partial charge in [0.25, 0.3) is 0 Å². The average molecular weight is 397 g/mol. The quantitative estimate of drug-likeness (QED) is 0.797. The SMILES string of the molecule is COc1ccc(S(=O)(=O)N2CCOCC2)cc1NC(=O)[C@H]1CCCN(C)C1. The standard InChI is InChI=1S/C18H27N3O5S/c1-20-7-3-4-14(13-20)18(22)19-16-12-15(5-6-17(16)25-2)27(23,24)21-8-10-26-11-9-21/h5-6,12,14H,3-4,7-11,13H2,1-2H3,(H,19,22)/t14-/m0/s1. The number of nitrogens with one attached hydrogen (secondary N) is 1. The number of sulfonamides is 1. The van der Waals surface area contributed by atoms with E-state index in [4.69, 9.17) is 9.47 Å². The van der Waals surface area contributed by atoms with E-state index in [0.29, 0.717) is 44.3 Å². The van der Waals surface area contributed by atoms with E-state index in [2.05, 4.69) is 10.2 Å². The van der Waals surface area contributed by atoms with E-state index in [0.717, 1.165) is 19.4 Å². The van der Waals surface area contributed by atoms with E-state index >= 15 is 0 Å². The van der Waals surface area contributed by atoms with Crippen LogP contribution in [0.25, 0.3) is 0 Å². The lowest BCUT2D eigenvalue weighted by Gasteiger charge is -2.29. The van der Waals surface area contributed by atoms with Crippen LogP contribution in [-0.2, 0) is 19.6 Å². The van der Waals surface area contributed by atoms with Crippen molar-refractivity contribution in [2.24, 2.45) is 5.92 Å². The van der Waals surface area contributed by atoms with Crippen LogP contribution < -0.4 is 10.1 Å². The molecule has 1 amide bonds. The molecule has 2 saturated heterocycles. The summed E-state index contributed by atoms with van der Waals surface area (Å²) in [5.74, 6) is 0.210. The van der Waals surface area contributed by atoms with E-state index in [9.17, 15) is 13.2 Å². The highest BCUT2D eigenvalue weighted by Gasteiger charge is 2.28. The Morgan fingerprint density at radius 1 is 1.26 bits per heavy atom. The van der Waals surface area contributed by atoms with E-state index in [1.807, 2.05) is 7.05 Å². The number of amides is 1. The maximum atomic E-state index is 12.9. The molecule has 2 heterocycles. The number of morpholine rings is 1. The Kier molecular flexibility index (Phi) is 6.36. The number of ether oxygens (including phenoxy) is 2. The Morgan fingerprint density at radius 3 is 2.67 bits per heavy atom. The molecular weight excluding hydrogens is 370 g/mol. The topological polar surface area (TPSA) is 88.2 Å². The molecule has 2 aliphatic heterocycles. The lowest BCUT2D eigenvalue weighted by atomic mass is 9.97. The molecule has 2 aliphatic rings. The van der Waals surface area contributed by atoms with Crippen molar-refractivity contribution in [1.29, 1.82) is 0 Å². The van der Waals surface area contributed by atoms with Gasteiger partial charge in [0.1, 0.15) is 5.75 Å². The Balaban J connectivity index is 1.82. The van der Waals surface area contributed by atoms with E-state index in [1.165, 1.54) is 23.5 Å². The number of likely N-dealkylation sites (tertiary alicyclic amines) is 1. The summed E-state index contributed by atoms with van der Waals surface area (Å²) in [6.45, 7) is 3.09. The minimum atomic E-state index is -3.64. The van der Waals surface area contributed by atoms with Gasteiger partial charge < -0.3 is 19.7 Å². The van der Waals surface area contributed by atoms with Gasteiger partial charge >= 0.3 is 0 Å². The highest BCUT2D eigenvalue weighted by atomic mass is 32.2. The molecule has 0 spiro atoms. The second-order valence-electron chi connectivity index (χ2n) is 6.97. The largest absolute Gasteiger partial charge is 0.495 e. The first-order chi connectivity index (χ1) is 12.9. The van der Waals surface area contributed by atoms with Gasteiger partial charge in [-0.2, -0.15) is 4.31 Å². The molecule has 1 atom stereocenters. The molecule has 0 aliphatic carbocycles. The average Bonchev–Trinajstić information content (AvgIpc) is 2.68. The van der Waals surface area contributed by atoms with Gasteiger partial charge in [0.05, 0.1) is 36.8 Å². The first-order valence-corrected chi connectivity index (χ1v) is 10.6. The molecule has 8 nitrogen and oxygen atoms in total. The first kappa shape index (κ1) is 20.1. The molecule has 3 rings (SSSR count). The summed E-state index contributed by atoms with van der Waals surface area (Å²) < 4.78 is 37.7. The van der Waals surface area contributed by atoms with Crippen molar-refractivity contribution in [2.45, 2.75) is 17.7 Å². The third-order valence-corrected chi connectivity index (χ3v) is 6.93. The maximum absolute atomic E-state index is 12.9. The van der Waals surface area contributed by atoms with Crippen LogP contribution >= 0.6 is 0 Å². The maximum Gasteiger partial charge on any atom is 0.243 e. The Labute approximate surface area is 160 Å². The molecule has 0 bridgehead atoms. The van der Waals surface area contributed by atoms with Crippen LogP contribution in [0, 0.1) is 5.92 Å². The zero-order chi connectivity index (χ0) is 19.4. The zero-order valence-electron chi connectivity index (χ0n) is 15.8. The van der Waals surface area contributed by atoms with Gasteiger partial charge in [0.15, 0.2) is 0 Å². The number of carbonyl (C=O) groups excluding carboxylic acids is 1. The fraction of sp³-hybridized carbons (Fsp3) is 0.611. The number of carbonyl (C=O) groups is 1. The number of benzene rings is 1. The van der Waals surface area contributed by atoms with Crippen LogP contribution in [0.3, 0.4) is 0 Å². The molecule has 2 fully saturated rings. The summed E-state index contributed by atoms with van der Waals surface area (Å²) in [7, 11) is -0.150. The van der Waals surface area contributed by atoms with Gasteiger partial charge in [0.2, 0.25) is 15.9 Å². The number of piperidine rings is 1. The minimum Gasteiger partial charge on any atom is -0.495 e. The Morgan fingerprint density at radius 2 is 2.00 bits per heavy atom. The summed E-state index contributed by atoms with van der Waals surface area (Å²) in [6, 6.07) is 4.57. The van der Waals surface area contributed by atoms with Gasteiger partial charge in [0, 0.05) is 19.6 Å². The van der Waals surface area contributed by atoms with Crippen molar-refractivity contribution in [2.75, 3.05) is 58.9 Å². The molecule has 1 aromatic carbocycles. The summed E-state index contributed by atoms with van der Waals surface area (Å²) in [5, 5.41) is 2.87. The molecule has 1 aromatic rings. The predicted octanol–water partition coefficient (Wildman–Crippen LogP) is 0.996. The van der Waals surface area contributed by atoms with E-state index in [1.54, 1.807) is 6.07 Å². The van der Waals surface area contributed by atoms with Crippen molar-refractivity contribution in [3.05, 3.63) is 18.2 Å². The van der Waals surface area contributed by atoms with Crippen LogP contribution in [-0.4, -0.2) is 77.1 Å². The lowest BCUT2D eigenvalue weighted by Crippen LogP contribution is -2.40. The first-order valence-electron chi connectivity index (χ1n) is 9.17. The smallest absolute Gasteiger partial charge is 0.243 e. The third-order valence-electron chi connectivity index (χ3n) is 5.03. The second kappa shape index (κ2) is 8.55. The number of nitrogens with zero attached hydrogens (tertiary/aromatic N) is 2. The minimum absolute atomic E-state index is 0.110. The molecule has 0 aromatic heterocycles. The summed E-state index contributed by atoms with van der Waals surface area (Å²) >= 11 is 0. The van der Waals surface area contributed by atoms with Crippen molar-refractivity contribution in [3.63, 3.8) is 0 Å². The van der Waals surface area contributed by atoms with Crippen LogP contribution in [0.15, 0.2) is 23.1 Å². The van der Waals surface area contributed by atoms with Crippen molar-refractivity contribution < 1.29 is 22.7 Å². The second-order valence-corrected chi connectivity index (χ2v) is 8.91. The molecule has 0 radical (unpaired) electrons. The van der Waals surface area contributed by atoms with E-state index in [-0.39, 0.29) is 16.7 Å². The molecule has 27 heavy (non-hydrogen) atoms. The van der Waals surface area contributed by atoms with Crippen LogP contribution in [0.4, 0.5) is 5.69 Å². The Hall–Kier alpha value is -1.68. The summed E-state index contributed by atoms with van der Waals surface area (Å²) in [4.78, 5) is 14.9. The number of rotatable bonds is 5. The van der Waals surface area contributed by atoms with Gasteiger partial charge in [-0.15, -0.1) is 0 Å².